The van der Waals surface area contributed by atoms with Crippen LogP contribution in [-0.4, -0.2) is 21.4 Å². The van der Waals surface area contributed by atoms with Crippen LogP contribution in [0.15, 0.2) is 27.2 Å². The van der Waals surface area contributed by atoms with E-state index in [1.165, 1.54) is 12.1 Å². The molecule has 0 bridgehead atoms. The molecule has 0 saturated carbocycles. The van der Waals surface area contributed by atoms with E-state index in [-0.39, 0.29) is 5.82 Å². The van der Waals surface area contributed by atoms with Gasteiger partial charge in [-0.05, 0) is 24.6 Å². The van der Waals surface area contributed by atoms with Gasteiger partial charge in [0, 0.05) is 10.0 Å². The Hall–Kier alpha value is -1.27. The summed E-state index contributed by atoms with van der Waals surface area (Å²) in [5, 5.41) is 13.5. The van der Waals surface area contributed by atoms with Gasteiger partial charge in [-0.25, -0.2) is 4.39 Å². The van der Waals surface area contributed by atoms with Crippen molar-refractivity contribution < 1.29 is 14.0 Å². The van der Waals surface area contributed by atoms with Crippen molar-refractivity contribution in [1.82, 2.24) is 10.1 Å². The molecule has 1 atom stereocenters. The largest absolute Gasteiger partial charge is 0.393 e. The summed E-state index contributed by atoms with van der Waals surface area (Å²) in [6, 6.07) is 4.40. The first kappa shape index (κ1) is 14.1. The zero-order chi connectivity index (χ0) is 13.8. The van der Waals surface area contributed by atoms with Crippen molar-refractivity contribution in [3.05, 3.63) is 34.4 Å². The number of hydrogen-bond donors (Lipinski definition) is 1. The van der Waals surface area contributed by atoms with E-state index in [1.807, 2.05) is 6.92 Å². The Balaban J connectivity index is 2.16. The molecule has 0 radical (unpaired) electrons. The van der Waals surface area contributed by atoms with Crippen molar-refractivity contribution in [2.24, 2.45) is 0 Å². The first-order valence-corrected chi connectivity index (χ1v) is 6.85. The molecule has 0 spiro atoms. The fraction of sp³-hybridized carbons (Fsp3) is 0.385. The van der Waals surface area contributed by atoms with Crippen LogP contribution < -0.4 is 0 Å². The fourth-order valence-electron chi connectivity index (χ4n) is 1.77. The molecule has 0 saturated heterocycles. The molecule has 6 heteroatoms. The van der Waals surface area contributed by atoms with Crippen LogP contribution in [0.4, 0.5) is 4.39 Å². The first-order chi connectivity index (χ1) is 9.08. The maximum atomic E-state index is 13.3. The molecule has 102 valence electrons. The van der Waals surface area contributed by atoms with Crippen molar-refractivity contribution in [3.8, 4) is 11.4 Å². The second-order valence-corrected chi connectivity index (χ2v) is 5.23. The standard InChI is InChI=1S/C13H14BrFN2O2/c1-2-3-11(18)7-12-16-13(17-19-12)8-4-9(14)6-10(15)5-8/h4-6,11,18H,2-3,7H2,1H3. The third kappa shape index (κ3) is 3.84. The Morgan fingerprint density at radius 2 is 2.21 bits per heavy atom. The highest BCUT2D eigenvalue weighted by atomic mass is 79.9. The number of hydrogen-bond acceptors (Lipinski definition) is 4. The highest BCUT2D eigenvalue weighted by Gasteiger charge is 2.13. The molecule has 2 rings (SSSR count). The molecule has 19 heavy (non-hydrogen) atoms. The molecule has 1 heterocycles. The average Bonchev–Trinajstić information content (AvgIpc) is 2.76. The summed E-state index contributed by atoms with van der Waals surface area (Å²) in [5.74, 6) is 0.303. The number of halogens is 2. The molecule has 0 aliphatic rings. The molecule has 0 amide bonds. The van der Waals surface area contributed by atoms with Crippen LogP contribution in [0.5, 0.6) is 0 Å². The molecule has 1 aromatic heterocycles. The number of benzene rings is 1. The lowest BCUT2D eigenvalue weighted by Gasteiger charge is -2.03. The number of nitrogens with zero attached hydrogens (tertiary/aromatic N) is 2. The minimum Gasteiger partial charge on any atom is -0.393 e. The summed E-state index contributed by atoms with van der Waals surface area (Å²) in [5.41, 5.74) is 0.534. The number of rotatable bonds is 5. The van der Waals surface area contributed by atoms with Crippen LogP contribution >= 0.6 is 15.9 Å². The van der Waals surface area contributed by atoms with Crippen LogP contribution in [0.25, 0.3) is 11.4 Å². The van der Waals surface area contributed by atoms with Crippen molar-refractivity contribution in [1.29, 1.82) is 0 Å². The average molecular weight is 329 g/mol. The molecule has 1 N–H and O–H groups in total. The summed E-state index contributed by atoms with van der Waals surface area (Å²) in [4.78, 5) is 4.16. The minimum absolute atomic E-state index is 0.317. The number of aliphatic hydroxyl groups excluding tert-OH is 1. The van der Waals surface area contributed by atoms with E-state index in [4.69, 9.17) is 4.52 Å². The Morgan fingerprint density at radius 3 is 2.89 bits per heavy atom. The van der Waals surface area contributed by atoms with E-state index < -0.39 is 6.10 Å². The quantitative estimate of drug-likeness (QED) is 0.914. The van der Waals surface area contributed by atoms with Crippen LogP contribution in [0, 0.1) is 5.82 Å². The first-order valence-electron chi connectivity index (χ1n) is 6.05. The molecule has 4 nitrogen and oxygen atoms in total. The van der Waals surface area contributed by atoms with Gasteiger partial charge in [0.2, 0.25) is 11.7 Å². The van der Waals surface area contributed by atoms with E-state index in [9.17, 15) is 9.50 Å². The maximum Gasteiger partial charge on any atom is 0.229 e. The van der Waals surface area contributed by atoms with Crippen molar-refractivity contribution >= 4 is 15.9 Å². The van der Waals surface area contributed by atoms with Gasteiger partial charge in [-0.3, -0.25) is 0 Å². The van der Waals surface area contributed by atoms with E-state index in [2.05, 4.69) is 26.1 Å². The fourth-order valence-corrected chi connectivity index (χ4v) is 2.24. The molecule has 0 aliphatic heterocycles. The van der Waals surface area contributed by atoms with Gasteiger partial charge < -0.3 is 9.63 Å². The number of aromatic nitrogens is 2. The highest BCUT2D eigenvalue weighted by Crippen LogP contribution is 2.22. The predicted octanol–water partition coefficient (Wildman–Crippen LogP) is 3.34. The summed E-state index contributed by atoms with van der Waals surface area (Å²) >= 11 is 3.21. The summed E-state index contributed by atoms with van der Waals surface area (Å²) < 4.78 is 18.9. The summed E-state index contributed by atoms with van der Waals surface area (Å²) in [6.07, 6.45) is 1.40. The van der Waals surface area contributed by atoms with Crippen molar-refractivity contribution in [2.45, 2.75) is 32.3 Å². The molecular weight excluding hydrogens is 315 g/mol. The normalized spacial score (nSPS) is 12.6. The predicted molar refractivity (Wildman–Crippen MR) is 72.0 cm³/mol. The lowest BCUT2D eigenvalue weighted by atomic mass is 10.1. The summed E-state index contributed by atoms with van der Waals surface area (Å²) in [7, 11) is 0. The van der Waals surface area contributed by atoms with Gasteiger partial charge in [-0.2, -0.15) is 4.98 Å². The van der Waals surface area contributed by atoms with Gasteiger partial charge in [0.15, 0.2) is 0 Å². The molecule has 1 unspecified atom stereocenters. The molecule has 0 aliphatic carbocycles. The zero-order valence-electron chi connectivity index (χ0n) is 10.4. The third-order valence-corrected chi connectivity index (χ3v) is 3.08. The Bertz CT molecular complexity index is 539. The van der Waals surface area contributed by atoms with Gasteiger partial charge in [-0.1, -0.05) is 34.4 Å². The highest BCUT2D eigenvalue weighted by molar-refractivity contribution is 9.10. The van der Waals surface area contributed by atoms with Crippen LogP contribution in [-0.2, 0) is 6.42 Å². The van der Waals surface area contributed by atoms with E-state index in [1.54, 1.807) is 6.07 Å². The van der Waals surface area contributed by atoms with Gasteiger partial charge >= 0.3 is 0 Å². The molecule has 2 aromatic rings. The number of aliphatic hydroxyl groups is 1. The monoisotopic (exact) mass is 328 g/mol. The zero-order valence-corrected chi connectivity index (χ0v) is 12.0. The molecule has 1 aromatic carbocycles. The Kier molecular flexibility index (Phi) is 4.66. The van der Waals surface area contributed by atoms with E-state index in [0.717, 1.165) is 6.42 Å². The van der Waals surface area contributed by atoms with Crippen molar-refractivity contribution in [2.75, 3.05) is 0 Å². The van der Waals surface area contributed by atoms with Gasteiger partial charge in [0.05, 0.1) is 12.5 Å². The van der Waals surface area contributed by atoms with Gasteiger partial charge in [-0.15, -0.1) is 0 Å². The minimum atomic E-state index is -0.488. The van der Waals surface area contributed by atoms with Crippen LogP contribution in [0.1, 0.15) is 25.7 Å². The SMILES string of the molecule is CCCC(O)Cc1nc(-c2cc(F)cc(Br)c2)no1. The maximum absolute atomic E-state index is 13.3. The second-order valence-electron chi connectivity index (χ2n) is 4.32. The van der Waals surface area contributed by atoms with Gasteiger partial charge in [0.1, 0.15) is 5.82 Å². The molecular formula is C13H14BrFN2O2. The third-order valence-electron chi connectivity index (χ3n) is 2.62. The topological polar surface area (TPSA) is 59.2 Å². The Labute approximate surface area is 118 Å². The second kappa shape index (κ2) is 6.25. The van der Waals surface area contributed by atoms with Crippen LogP contribution in [0.2, 0.25) is 0 Å². The van der Waals surface area contributed by atoms with Crippen molar-refractivity contribution in [3.63, 3.8) is 0 Å². The van der Waals surface area contributed by atoms with E-state index in [0.29, 0.717) is 34.6 Å². The summed E-state index contributed by atoms with van der Waals surface area (Å²) in [6.45, 7) is 1.99. The lowest BCUT2D eigenvalue weighted by molar-refractivity contribution is 0.152. The smallest absolute Gasteiger partial charge is 0.229 e. The lowest BCUT2D eigenvalue weighted by Crippen LogP contribution is -2.09. The Morgan fingerprint density at radius 1 is 1.42 bits per heavy atom. The van der Waals surface area contributed by atoms with Crippen LogP contribution in [0.3, 0.4) is 0 Å². The van der Waals surface area contributed by atoms with Gasteiger partial charge in [0.25, 0.3) is 0 Å². The molecule has 0 fully saturated rings. The van der Waals surface area contributed by atoms with E-state index >= 15 is 0 Å².